The maximum atomic E-state index is 12.4. The number of nitrogens with zero attached hydrogens (tertiary/aromatic N) is 2. The van der Waals surface area contributed by atoms with Gasteiger partial charge in [-0.2, -0.15) is 0 Å². The van der Waals surface area contributed by atoms with Crippen LogP contribution in [0.4, 0.5) is 0 Å². The summed E-state index contributed by atoms with van der Waals surface area (Å²) < 4.78 is 8.03. The lowest BCUT2D eigenvalue weighted by atomic mass is 10.1. The third-order valence-corrected chi connectivity index (χ3v) is 3.94. The molecule has 0 saturated heterocycles. The highest BCUT2D eigenvalue weighted by Crippen LogP contribution is 2.23. The van der Waals surface area contributed by atoms with Crippen molar-refractivity contribution in [2.24, 2.45) is 0 Å². The monoisotopic (exact) mass is 358 g/mol. The molecule has 0 atom stereocenters. The summed E-state index contributed by atoms with van der Waals surface area (Å²) in [6, 6.07) is 13.3. The van der Waals surface area contributed by atoms with Crippen molar-refractivity contribution >= 4 is 27.0 Å². The molecular formula is C17H15BrN2O2. The second-order valence-electron chi connectivity index (χ2n) is 4.93. The molecule has 22 heavy (non-hydrogen) atoms. The summed E-state index contributed by atoms with van der Waals surface area (Å²) in [6.45, 7) is 1.18. The molecule has 1 aromatic carbocycles. The van der Waals surface area contributed by atoms with Gasteiger partial charge in [-0.25, -0.2) is 4.98 Å². The molecule has 0 aliphatic rings. The first-order chi connectivity index (χ1) is 10.7. The Bertz CT molecular complexity index is 860. The number of halogens is 1. The van der Waals surface area contributed by atoms with Crippen molar-refractivity contribution in [3.05, 3.63) is 63.4 Å². The van der Waals surface area contributed by atoms with Crippen LogP contribution in [0.25, 0.3) is 22.3 Å². The van der Waals surface area contributed by atoms with E-state index in [1.165, 1.54) is 0 Å². The number of rotatable bonds is 4. The van der Waals surface area contributed by atoms with Crippen LogP contribution in [0.1, 0.15) is 0 Å². The zero-order chi connectivity index (χ0) is 15.5. The summed E-state index contributed by atoms with van der Waals surface area (Å²) in [5, 5.41) is 0.602. The SMILES string of the molecule is COCCn1c(-c2ccccc2)cc(=O)c2cc(Br)cnc21. The van der Waals surface area contributed by atoms with E-state index in [4.69, 9.17) is 4.74 Å². The standard InChI is InChI=1S/C17H15BrN2O2/c1-22-8-7-20-15(12-5-3-2-4-6-12)10-16(21)14-9-13(18)11-19-17(14)20/h2-6,9-11H,7-8H2,1H3. The van der Waals surface area contributed by atoms with Crippen molar-refractivity contribution in [2.45, 2.75) is 6.54 Å². The number of hydrogen-bond donors (Lipinski definition) is 0. The van der Waals surface area contributed by atoms with Crippen molar-refractivity contribution in [3.8, 4) is 11.3 Å². The molecule has 0 radical (unpaired) electrons. The third-order valence-electron chi connectivity index (χ3n) is 3.50. The first-order valence-electron chi connectivity index (χ1n) is 6.94. The van der Waals surface area contributed by atoms with Gasteiger partial charge in [-0.1, -0.05) is 30.3 Å². The molecule has 112 valence electrons. The molecule has 4 nitrogen and oxygen atoms in total. The molecule has 0 unspecified atom stereocenters. The molecule has 0 N–H and O–H groups in total. The first kappa shape index (κ1) is 14.9. The largest absolute Gasteiger partial charge is 0.383 e. The molecule has 0 bridgehead atoms. The number of ether oxygens (including phenoxy) is 1. The molecule has 3 aromatic rings. The average Bonchev–Trinajstić information content (AvgIpc) is 2.55. The highest BCUT2D eigenvalue weighted by Gasteiger charge is 2.12. The van der Waals surface area contributed by atoms with Crippen molar-refractivity contribution in [1.82, 2.24) is 9.55 Å². The van der Waals surface area contributed by atoms with Crippen LogP contribution in [0.5, 0.6) is 0 Å². The topological polar surface area (TPSA) is 44.1 Å². The van der Waals surface area contributed by atoms with Crippen molar-refractivity contribution in [1.29, 1.82) is 0 Å². The number of hydrogen-bond acceptors (Lipinski definition) is 3. The van der Waals surface area contributed by atoms with Gasteiger partial charge in [0, 0.05) is 30.4 Å². The molecule has 0 saturated carbocycles. The van der Waals surface area contributed by atoms with Crippen LogP contribution in [0.15, 0.2) is 57.9 Å². The molecule has 2 aromatic heterocycles. The highest BCUT2D eigenvalue weighted by molar-refractivity contribution is 9.10. The third kappa shape index (κ3) is 2.82. The average molecular weight is 359 g/mol. The van der Waals surface area contributed by atoms with E-state index in [0.29, 0.717) is 24.2 Å². The van der Waals surface area contributed by atoms with Gasteiger partial charge in [0.15, 0.2) is 5.43 Å². The summed E-state index contributed by atoms with van der Waals surface area (Å²) in [4.78, 5) is 16.9. The Morgan fingerprint density at radius 2 is 2.00 bits per heavy atom. The zero-order valence-electron chi connectivity index (χ0n) is 12.1. The Balaban J connectivity index is 2.31. The minimum Gasteiger partial charge on any atom is -0.383 e. The minimum absolute atomic E-state index is 0.0312. The second-order valence-corrected chi connectivity index (χ2v) is 5.84. The fourth-order valence-corrected chi connectivity index (χ4v) is 2.81. The van der Waals surface area contributed by atoms with Crippen LogP contribution in [0.2, 0.25) is 0 Å². The van der Waals surface area contributed by atoms with Crippen molar-refractivity contribution in [3.63, 3.8) is 0 Å². The quantitative estimate of drug-likeness (QED) is 0.717. The van der Waals surface area contributed by atoms with Crippen molar-refractivity contribution in [2.75, 3.05) is 13.7 Å². The van der Waals surface area contributed by atoms with Gasteiger partial charge in [0.25, 0.3) is 0 Å². The van der Waals surface area contributed by atoms with Gasteiger partial charge in [0.05, 0.1) is 17.7 Å². The van der Waals surface area contributed by atoms with E-state index in [1.807, 2.05) is 41.0 Å². The smallest absolute Gasteiger partial charge is 0.191 e. The normalized spacial score (nSPS) is 11.0. The van der Waals surface area contributed by atoms with Gasteiger partial charge in [0.2, 0.25) is 0 Å². The van der Waals surface area contributed by atoms with E-state index in [9.17, 15) is 4.79 Å². The molecule has 3 rings (SSSR count). The molecule has 0 aliphatic carbocycles. The van der Waals surface area contributed by atoms with Gasteiger partial charge in [-0.05, 0) is 27.6 Å². The number of benzene rings is 1. The highest BCUT2D eigenvalue weighted by atomic mass is 79.9. The van der Waals surface area contributed by atoms with E-state index in [0.717, 1.165) is 15.7 Å². The Morgan fingerprint density at radius 1 is 1.23 bits per heavy atom. The fourth-order valence-electron chi connectivity index (χ4n) is 2.48. The van der Waals surface area contributed by atoms with Crippen LogP contribution in [0, 0.1) is 0 Å². The molecule has 0 spiro atoms. The number of fused-ring (bicyclic) bond motifs is 1. The van der Waals surface area contributed by atoms with E-state index < -0.39 is 0 Å². The van der Waals surface area contributed by atoms with Gasteiger partial charge < -0.3 is 9.30 Å². The minimum atomic E-state index is -0.0312. The van der Waals surface area contributed by atoms with Crippen LogP contribution >= 0.6 is 15.9 Å². The summed E-state index contributed by atoms with van der Waals surface area (Å²) in [5.41, 5.74) is 2.48. The molecule has 5 heteroatoms. The van der Waals surface area contributed by atoms with E-state index >= 15 is 0 Å². The van der Waals surface area contributed by atoms with Gasteiger partial charge in [0.1, 0.15) is 5.65 Å². The van der Waals surface area contributed by atoms with Gasteiger partial charge >= 0.3 is 0 Å². The summed E-state index contributed by atoms with van der Waals surface area (Å²) in [7, 11) is 1.66. The lowest BCUT2D eigenvalue weighted by Crippen LogP contribution is -2.15. The van der Waals surface area contributed by atoms with E-state index in [2.05, 4.69) is 20.9 Å². The van der Waals surface area contributed by atoms with Crippen LogP contribution in [-0.4, -0.2) is 23.3 Å². The molecular weight excluding hydrogens is 344 g/mol. The lowest BCUT2D eigenvalue weighted by molar-refractivity contribution is 0.188. The Morgan fingerprint density at radius 3 is 2.73 bits per heavy atom. The Kier molecular flexibility index (Phi) is 4.36. The number of methoxy groups -OCH3 is 1. The Hall–Kier alpha value is -1.98. The van der Waals surface area contributed by atoms with Crippen LogP contribution in [0.3, 0.4) is 0 Å². The van der Waals surface area contributed by atoms with Crippen LogP contribution < -0.4 is 5.43 Å². The fraction of sp³-hybridized carbons (Fsp3) is 0.176. The molecule has 0 fully saturated rings. The van der Waals surface area contributed by atoms with Crippen LogP contribution in [-0.2, 0) is 11.3 Å². The van der Waals surface area contributed by atoms with Gasteiger partial charge in [-0.15, -0.1) is 0 Å². The number of pyridine rings is 2. The maximum absolute atomic E-state index is 12.4. The summed E-state index contributed by atoms with van der Waals surface area (Å²) in [6.07, 6.45) is 1.71. The first-order valence-corrected chi connectivity index (χ1v) is 7.73. The molecule has 2 heterocycles. The summed E-state index contributed by atoms with van der Waals surface area (Å²) in [5.74, 6) is 0. The predicted octanol–water partition coefficient (Wildman–Crippen LogP) is 3.47. The molecule has 0 amide bonds. The Labute approximate surface area is 136 Å². The van der Waals surface area contributed by atoms with E-state index in [1.54, 1.807) is 19.4 Å². The predicted molar refractivity (Wildman–Crippen MR) is 91.0 cm³/mol. The second kappa shape index (κ2) is 6.42. The lowest BCUT2D eigenvalue weighted by Gasteiger charge is -2.16. The van der Waals surface area contributed by atoms with Gasteiger partial charge in [-0.3, -0.25) is 4.79 Å². The van der Waals surface area contributed by atoms with Crippen molar-refractivity contribution < 1.29 is 4.74 Å². The molecule has 0 aliphatic heterocycles. The maximum Gasteiger partial charge on any atom is 0.191 e. The number of aromatic nitrogens is 2. The summed E-state index contributed by atoms with van der Waals surface area (Å²) >= 11 is 3.37. The zero-order valence-corrected chi connectivity index (χ0v) is 13.7. The van der Waals surface area contributed by atoms with E-state index in [-0.39, 0.29) is 5.43 Å².